The van der Waals surface area contributed by atoms with Crippen LogP contribution in [-0.2, 0) is 6.54 Å². The van der Waals surface area contributed by atoms with Crippen LogP contribution in [0, 0.1) is 5.41 Å². The predicted molar refractivity (Wildman–Crippen MR) is 87.9 cm³/mol. The number of hydrogen-bond donors (Lipinski definition) is 2. The summed E-state index contributed by atoms with van der Waals surface area (Å²) in [5.74, 6) is 0.795. The Hall–Kier alpha value is -1.36. The number of piperidine rings is 1. The molecule has 1 aliphatic rings. The van der Waals surface area contributed by atoms with E-state index < -0.39 is 0 Å². The van der Waals surface area contributed by atoms with Gasteiger partial charge in [-0.25, -0.2) is 0 Å². The van der Waals surface area contributed by atoms with Crippen molar-refractivity contribution in [2.75, 3.05) is 32.9 Å². The van der Waals surface area contributed by atoms with Gasteiger partial charge in [-0.05, 0) is 43.5 Å². The van der Waals surface area contributed by atoms with E-state index in [0.29, 0.717) is 6.61 Å². The predicted octanol–water partition coefficient (Wildman–Crippen LogP) is 2.21. The molecule has 0 aromatic heterocycles. The second-order valence-corrected chi connectivity index (χ2v) is 6.18. The van der Waals surface area contributed by atoms with Gasteiger partial charge in [-0.2, -0.15) is 0 Å². The zero-order valence-corrected chi connectivity index (χ0v) is 13.2. The Morgan fingerprint density at radius 1 is 1.36 bits per heavy atom. The first-order chi connectivity index (χ1) is 10.7. The number of benzene rings is 1. The van der Waals surface area contributed by atoms with Crippen LogP contribution in [0.1, 0.15) is 24.8 Å². The van der Waals surface area contributed by atoms with E-state index in [4.69, 9.17) is 9.84 Å². The van der Waals surface area contributed by atoms with Gasteiger partial charge in [0.1, 0.15) is 12.4 Å². The van der Waals surface area contributed by atoms with Gasteiger partial charge in [0.15, 0.2) is 0 Å². The third-order valence-electron chi connectivity index (χ3n) is 4.32. The van der Waals surface area contributed by atoms with Crippen molar-refractivity contribution in [2.24, 2.45) is 5.41 Å². The first kappa shape index (κ1) is 17.0. The van der Waals surface area contributed by atoms with Gasteiger partial charge in [-0.3, -0.25) is 4.90 Å². The van der Waals surface area contributed by atoms with Crippen molar-refractivity contribution in [3.63, 3.8) is 0 Å². The van der Waals surface area contributed by atoms with Crippen LogP contribution in [0.4, 0.5) is 0 Å². The van der Waals surface area contributed by atoms with E-state index in [1.165, 1.54) is 5.56 Å². The number of likely N-dealkylation sites (tertiary alicyclic amines) is 1. The molecule has 0 aliphatic carbocycles. The second kappa shape index (κ2) is 8.32. The van der Waals surface area contributed by atoms with E-state index in [-0.39, 0.29) is 18.6 Å². The quantitative estimate of drug-likeness (QED) is 0.723. The highest BCUT2D eigenvalue weighted by Gasteiger charge is 2.33. The number of nitrogens with zero attached hydrogens (tertiary/aromatic N) is 1. The number of allylic oxidation sites excluding steroid dienone is 1. The van der Waals surface area contributed by atoms with Crippen molar-refractivity contribution < 1.29 is 14.9 Å². The summed E-state index contributed by atoms with van der Waals surface area (Å²) in [4.78, 5) is 2.40. The van der Waals surface area contributed by atoms with Crippen LogP contribution < -0.4 is 4.74 Å². The molecule has 1 atom stereocenters. The lowest BCUT2D eigenvalue weighted by atomic mass is 9.78. The van der Waals surface area contributed by atoms with Gasteiger partial charge in [0.25, 0.3) is 0 Å². The normalized spacial score (nSPS) is 22.5. The molecule has 0 unspecified atom stereocenters. The number of aliphatic hydroxyl groups is 2. The lowest BCUT2D eigenvalue weighted by Crippen LogP contribution is -2.44. The number of rotatable bonds is 8. The van der Waals surface area contributed by atoms with Crippen LogP contribution in [-0.4, -0.2) is 48.0 Å². The summed E-state index contributed by atoms with van der Waals surface area (Å²) in [6, 6.07) is 8.01. The summed E-state index contributed by atoms with van der Waals surface area (Å²) in [6.07, 6.45) is 4.95. The molecule has 22 heavy (non-hydrogen) atoms. The summed E-state index contributed by atoms with van der Waals surface area (Å²) in [5, 5.41) is 18.6. The van der Waals surface area contributed by atoms with Crippen molar-refractivity contribution in [1.29, 1.82) is 0 Å². The van der Waals surface area contributed by atoms with Gasteiger partial charge < -0.3 is 14.9 Å². The van der Waals surface area contributed by atoms with Crippen molar-refractivity contribution in [2.45, 2.75) is 25.8 Å². The van der Waals surface area contributed by atoms with Crippen molar-refractivity contribution >= 4 is 0 Å². The fourth-order valence-corrected chi connectivity index (χ4v) is 3.27. The molecule has 1 aromatic carbocycles. The summed E-state index contributed by atoms with van der Waals surface area (Å²) in [5.41, 5.74) is 1.16. The standard InChI is InChI=1S/C18H27NO3/c1-2-7-18(15-21)8-4-9-19(14-18)13-16-5-3-6-17(12-16)22-11-10-20/h2-3,5-6,12,20-21H,1,4,7-11,13-15H2/t18-/m1/s1. The average molecular weight is 305 g/mol. The summed E-state index contributed by atoms with van der Waals surface area (Å²) < 4.78 is 5.46. The van der Waals surface area contributed by atoms with E-state index in [9.17, 15) is 5.11 Å². The Kier molecular flexibility index (Phi) is 6.43. The fraction of sp³-hybridized carbons (Fsp3) is 0.556. The highest BCUT2D eigenvalue weighted by molar-refractivity contribution is 5.28. The van der Waals surface area contributed by atoms with Crippen molar-refractivity contribution in [3.05, 3.63) is 42.5 Å². The van der Waals surface area contributed by atoms with Crippen LogP contribution in [0.2, 0.25) is 0 Å². The number of hydrogen-bond acceptors (Lipinski definition) is 4. The van der Waals surface area contributed by atoms with Gasteiger partial charge in [0, 0.05) is 18.5 Å². The molecular formula is C18H27NO3. The van der Waals surface area contributed by atoms with Gasteiger partial charge >= 0.3 is 0 Å². The van der Waals surface area contributed by atoms with E-state index in [2.05, 4.69) is 17.5 Å². The monoisotopic (exact) mass is 305 g/mol. The molecule has 1 saturated heterocycles. The highest BCUT2D eigenvalue weighted by Crippen LogP contribution is 2.34. The Labute approximate surface area is 133 Å². The molecule has 2 N–H and O–H groups in total. The SMILES string of the molecule is C=CC[C@@]1(CO)CCCN(Cc2cccc(OCCO)c2)C1. The number of ether oxygens (including phenoxy) is 1. The lowest BCUT2D eigenvalue weighted by Gasteiger charge is -2.41. The zero-order valence-electron chi connectivity index (χ0n) is 13.2. The maximum atomic E-state index is 9.78. The van der Waals surface area contributed by atoms with E-state index in [0.717, 1.165) is 44.6 Å². The summed E-state index contributed by atoms with van der Waals surface area (Å²) in [6.45, 7) is 7.20. The Bertz CT molecular complexity index is 477. The summed E-state index contributed by atoms with van der Waals surface area (Å²) in [7, 11) is 0. The van der Waals surface area contributed by atoms with Crippen LogP contribution in [0.3, 0.4) is 0 Å². The molecule has 0 bridgehead atoms. The highest BCUT2D eigenvalue weighted by atomic mass is 16.5. The fourth-order valence-electron chi connectivity index (χ4n) is 3.27. The zero-order chi connectivity index (χ0) is 15.8. The largest absolute Gasteiger partial charge is 0.491 e. The minimum atomic E-state index is -0.0367. The van der Waals surface area contributed by atoms with Crippen LogP contribution in [0.15, 0.2) is 36.9 Å². The molecule has 0 spiro atoms. The van der Waals surface area contributed by atoms with Gasteiger partial charge in [0.05, 0.1) is 13.2 Å². The van der Waals surface area contributed by atoms with Crippen LogP contribution >= 0.6 is 0 Å². The molecule has 0 amide bonds. The molecule has 1 aromatic rings. The first-order valence-electron chi connectivity index (χ1n) is 7.98. The second-order valence-electron chi connectivity index (χ2n) is 6.18. The molecule has 1 aliphatic heterocycles. The molecule has 2 rings (SSSR count). The van der Waals surface area contributed by atoms with Crippen LogP contribution in [0.5, 0.6) is 5.75 Å². The average Bonchev–Trinajstić information content (AvgIpc) is 2.54. The molecule has 1 heterocycles. The van der Waals surface area contributed by atoms with Crippen LogP contribution in [0.25, 0.3) is 0 Å². The van der Waals surface area contributed by atoms with E-state index in [1.54, 1.807) is 0 Å². The molecule has 122 valence electrons. The Balaban J connectivity index is 1.99. The van der Waals surface area contributed by atoms with Crippen molar-refractivity contribution in [3.8, 4) is 5.75 Å². The molecule has 4 nitrogen and oxygen atoms in total. The molecule has 1 fully saturated rings. The molecule has 0 radical (unpaired) electrons. The third kappa shape index (κ3) is 4.57. The topological polar surface area (TPSA) is 52.9 Å². The molecule has 4 heteroatoms. The minimum Gasteiger partial charge on any atom is -0.491 e. The maximum Gasteiger partial charge on any atom is 0.119 e. The molecule has 0 saturated carbocycles. The third-order valence-corrected chi connectivity index (χ3v) is 4.32. The van der Waals surface area contributed by atoms with Crippen molar-refractivity contribution in [1.82, 2.24) is 4.90 Å². The lowest BCUT2D eigenvalue weighted by molar-refractivity contribution is 0.0309. The van der Waals surface area contributed by atoms with Gasteiger partial charge in [-0.15, -0.1) is 6.58 Å². The smallest absolute Gasteiger partial charge is 0.119 e. The number of aliphatic hydroxyl groups excluding tert-OH is 2. The van der Waals surface area contributed by atoms with Gasteiger partial charge in [0.2, 0.25) is 0 Å². The molecular weight excluding hydrogens is 278 g/mol. The van der Waals surface area contributed by atoms with E-state index in [1.807, 2.05) is 24.3 Å². The van der Waals surface area contributed by atoms with Gasteiger partial charge in [-0.1, -0.05) is 18.2 Å². The Morgan fingerprint density at radius 3 is 2.95 bits per heavy atom. The first-order valence-corrected chi connectivity index (χ1v) is 7.98. The van der Waals surface area contributed by atoms with E-state index >= 15 is 0 Å². The Morgan fingerprint density at radius 2 is 2.23 bits per heavy atom. The summed E-state index contributed by atoms with van der Waals surface area (Å²) >= 11 is 0. The maximum absolute atomic E-state index is 9.78. The minimum absolute atomic E-state index is 0.0247.